The molecule has 0 aliphatic carbocycles. The van der Waals surface area contributed by atoms with E-state index in [-0.39, 0.29) is 35.8 Å². The molecule has 0 radical (unpaired) electrons. The molecule has 28 heavy (non-hydrogen) atoms. The molecule has 150 valence electrons. The van der Waals surface area contributed by atoms with Gasteiger partial charge in [0, 0.05) is 25.1 Å². The van der Waals surface area contributed by atoms with Crippen molar-refractivity contribution in [2.75, 3.05) is 22.4 Å². The van der Waals surface area contributed by atoms with Gasteiger partial charge in [-0.25, -0.2) is 8.42 Å². The van der Waals surface area contributed by atoms with E-state index in [2.05, 4.69) is 5.32 Å². The second kappa shape index (κ2) is 9.03. The van der Waals surface area contributed by atoms with Crippen LogP contribution >= 0.6 is 11.6 Å². The van der Waals surface area contributed by atoms with Gasteiger partial charge >= 0.3 is 0 Å². The molecule has 1 amide bonds. The number of nitrogens with one attached hydrogen (secondary N) is 1. The lowest BCUT2D eigenvalue weighted by molar-refractivity contribution is -0.384. The number of aryl methyl sites for hydroxylation is 1. The molecule has 0 unspecified atom stereocenters. The average Bonchev–Trinajstić information content (AvgIpc) is 2.59. The Morgan fingerprint density at radius 2 is 1.96 bits per heavy atom. The Morgan fingerprint density at radius 3 is 2.57 bits per heavy atom. The number of carbonyl (C=O) groups excluding carboxylic acids is 1. The SMILES string of the molecule is Cc1cccc(N(CCCC(=O)Nc2cc([N+](=O)[O-])ccc2Cl)S(C)(=O)=O)c1. The zero-order valence-electron chi connectivity index (χ0n) is 15.4. The van der Waals surface area contributed by atoms with Gasteiger partial charge in [0.15, 0.2) is 0 Å². The highest BCUT2D eigenvalue weighted by molar-refractivity contribution is 7.92. The second-order valence-corrected chi connectivity index (χ2v) is 8.56. The minimum Gasteiger partial charge on any atom is -0.325 e. The molecule has 0 aliphatic heterocycles. The van der Waals surface area contributed by atoms with Crippen molar-refractivity contribution in [2.45, 2.75) is 19.8 Å². The number of amides is 1. The summed E-state index contributed by atoms with van der Waals surface area (Å²) in [4.78, 5) is 22.4. The third-order valence-electron chi connectivity index (χ3n) is 3.89. The molecule has 0 aromatic heterocycles. The fourth-order valence-electron chi connectivity index (χ4n) is 2.59. The van der Waals surface area contributed by atoms with Crippen LogP contribution in [-0.2, 0) is 14.8 Å². The van der Waals surface area contributed by atoms with Crippen molar-refractivity contribution in [1.29, 1.82) is 0 Å². The van der Waals surface area contributed by atoms with E-state index in [1.54, 1.807) is 18.2 Å². The van der Waals surface area contributed by atoms with Gasteiger partial charge in [0.2, 0.25) is 15.9 Å². The zero-order valence-corrected chi connectivity index (χ0v) is 17.0. The number of halogens is 1. The highest BCUT2D eigenvalue weighted by atomic mass is 35.5. The van der Waals surface area contributed by atoms with Gasteiger partial charge in [0.1, 0.15) is 0 Å². The maximum atomic E-state index is 12.2. The maximum absolute atomic E-state index is 12.2. The fraction of sp³-hybridized carbons (Fsp3) is 0.278. The molecule has 0 spiro atoms. The van der Waals surface area contributed by atoms with Crippen LogP contribution in [0.5, 0.6) is 0 Å². The summed E-state index contributed by atoms with van der Waals surface area (Å²) >= 11 is 5.96. The van der Waals surface area contributed by atoms with E-state index in [0.29, 0.717) is 5.69 Å². The van der Waals surface area contributed by atoms with Crippen molar-refractivity contribution >= 4 is 44.6 Å². The van der Waals surface area contributed by atoms with Crippen molar-refractivity contribution in [1.82, 2.24) is 0 Å². The summed E-state index contributed by atoms with van der Waals surface area (Å²) in [6, 6.07) is 10.8. The van der Waals surface area contributed by atoms with E-state index in [1.807, 2.05) is 13.0 Å². The summed E-state index contributed by atoms with van der Waals surface area (Å²) in [6.07, 6.45) is 1.40. The lowest BCUT2D eigenvalue weighted by Gasteiger charge is -2.22. The quantitative estimate of drug-likeness (QED) is 0.511. The van der Waals surface area contributed by atoms with Gasteiger partial charge in [-0.1, -0.05) is 23.7 Å². The molecule has 1 N–H and O–H groups in total. The Kier molecular flexibility index (Phi) is 6.98. The highest BCUT2D eigenvalue weighted by Gasteiger charge is 2.18. The number of nitro groups is 1. The number of hydrogen-bond acceptors (Lipinski definition) is 5. The number of non-ortho nitro benzene ring substituents is 1. The molecular weight excluding hydrogens is 406 g/mol. The molecule has 8 nitrogen and oxygen atoms in total. The van der Waals surface area contributed by atoms with Crippen LogP contribution in [0, 0.1) is 17.0 Å². The first-order chi connectivity index (χ1) is 13.1. The average molecular weight is 426 g/mol. The van der Waals surface area contributed by atoms with E-state index in [1.165, 1.54) is 22.5 Å². The maximum Gasteiger partial charge on any atom is 0.271 e. The number of nitro benzene ring substituents is 1. The zero-order chi connectivity index (χ0) is 20.9. The van der Waals surface area contributed by atoms with Crippen molar-refractivity contribution < 1.29 is 18.1 Å². The van der Waals surface area contributed by atoms with Gasteiger partial charge in [-0.2, -0.15) is 0 Å². The Morgan fingerprint density at radius 1 is 1.25 bits per heavy atom. The lowest BCUT2D eigenvalue weighted by Crippen LogP contribution is -2.31. The van der Waals surface area contributed by atoms with E-state index in [4.69, 9.17) is 11.6 Å². The molecule has 2 aromatic rings. The first kappa shape index (κ1) is 21.6. The third-order valence-corrected chi connectivity index (χ3v) is 5.41. The predicted molar refractivity (Wildman–Crippen MR) is 109 cm³/mol. The number of sulfonamides is 1. The molecule has 0 aliphatic rings. The molecule has 0 saturated heterocycles. The molecule has 0 bridgehead atoms. The van der Waals surface area contributed by atoms with Crippen molar-refractivity contribution in [3.05, 3.63) is 63.2 Å². The van der Waals surface area contributed by atoms with Crippen LogP contribution in [0.2, 0.25) is 5.02 Å². The molecule has 10 heteroatoms. The highest BCUT2D eigenvalue weighted by Crippen LogP contribution is 2.27. The predicted octanol–water partition coefficient (Wildman–Crippen LogP) is 3.74. The number of hydrogen-bond donors (Lipinski definition) is 1. The molecule has 2 rings (SSSR count). The van der Waals surface area contributed by atoms with Crippen molar-refractivity contribution in [3.8, 4) is 0 Å². The van der Waals surface area contributed by atoms with E-state index < -0.39 is 20.9 Å². The van der Waals surface area contributed by atoms with Gasteiger partial charge in [0.25, 0.3) is 5.69 Å². The van der Waals surface area contributed by atoms with Crippen LogP contribution < -0.4 is 9.62 Å². The summed E-state index contributed by atoms with van der Waals surface area (Å²) in [5.41, 5.74) is 1.40. The van der Waals surface area contributed by atoms with Crippen LogP contribution in [0.15, 0.2) is 42.5 Å². The number of nitrogens with zero attached hydrogens (tertiary/aromatic N) is 2. The number of rotatable bonds is 8. The van der Waals surface area contributed by atoms with Crippen molar-refractivity contribution in [3.63, 3.8) is 0 Å². The number of carbonyl (C=O) groups is 1. The van der Waals surface area contributed by atoms with Gasteiger partial charge in [-0.15, -0.1) is 0 Å². The van der Waals surface area contributed by atoms with Crippen LogP contribution in [0.1, 0.15) is 18.4 Å². The van der Waals surface area contributed by atoms with E-state index >= 15 is 0 Å². The molecule has 0 atom stereocenters. The standard InChI is InChI=1S/C18H20ClN3O5S/c1-13-5-3-6-14(11-13)21(28(2,26)27)10-4-7-18(23)20-17-12-15(22(24)25)8-9-16(17)19/h3,5-6,8-9,11-12H,4,7,10H2,1-2H3,(H,20,23). The Bertz CT molecular complexity index is 994. The third kappa shape index (κ3) is 5.93. The molecule has 0 saturated carbocycles. The Balaban J connectivity index is 2.02. The first-order valence-corrected chi connectivity index (χ1v) is 10.6. The van der Waals surface area contributed by atoms with E-state index in [0.717, 1.165) is 11.8 Å². The van der Waals surface area contributed by atoms with Gasteiger partial charge in [0.05, 0.1) is 27.6 Å². The molecule has 0 fully saturated rings. The molecular formula is C18H20ClN3O5S. The fourth-order valence-corrected chi connectivity index (χ4v) is 3.71. The smallest absolute Gasteiger partial charge is 0.271 e. The topological polar surface area (TPSA) is 110 Å². The minimum absolute atomic E-state index is 0.0247. The summed E-state index contributed by atoms with van der Waals surface area (Å²) in [6.45, 7) is 1.98. The van der Waals surface area contributed by atoms with Crippen LogP contribution in [0.4, 0.5) is 17.1 Å². The largest absolute Gasteiger partial charge is 0.325 e. The second-order valence-electron chi connectivity index (χ2n) is 6.25. The molecule has 2 aromatic carbocycles. The number of benzene rings is 2. The molecule has 0 heterocycles. The first-order valence-electron chi connectivity index (χ1n) is 8.36. The van der Waals surface area contributed by atoms with Gasteiger partial charge < -0.3 is 5.32 Å². The summed E-state index contributed by atoms with van der Waals surface area (Å²) < 4.78 is 25.4. The normalized spacial score (nSPS) is 11.1. The summed E-state index contributed by atoms with van der Waals surface area (Å²) in [5, 5.41) is 13.5. The van der Waals surface area contributed by atoms with Gasteiger partial charge in [-0.05, 0) is 37.1 Å². The summed E-state index contributed by atoms with van der Waals surface area (Å²) in [5.74, 6) is -0.417. The summed E-state index contributed by atoms with van der Waals surface area (Å²) in [7, 11) is -3.51. The van der Waals surface area contributed by atoms with Gasteiger partial charge in [-0.3, -0.25) is 19.2 Å². The Labute approximate surface area is 168 Å². The monoisotopic (exact) mass is 425 g/mol. The lowest BCUT2D eigenvalue weighted by atomic mass is 10.2. The number of anilines is 2. The van der Waals surface area contributed by atoms with Crippen molar-refractivity contribution in [2.24, 2.45) is 0 Å². The van der Waals surface area contributed by atoms with Crippen LogP contribution in [0.25, 0.3) is 0 Å². The van der Waals surface area contributed by atoms with E-state index in [9.17, 15) is 23.3 Å². The minimum atomic E-state index is -3.51. The Hall–Kier alpha value is -2.65. The van der Waals surface area contributed by atoms with Crippen LogP contribution in [-0.4, -0.2) is 32.0 Å². The van der Waals surface area contributed by atoms with Crippen LogP contribution in [0.3, 0.4) is 0 Å².